The molecule has 2 N–H and O–H groups in total. The summed E-state index contributed by atoms with van der Waals surface area (Å²) in [6, 6.07) is 13.2. The summed E-state index contributed by atoms with van der Waals surface area (Å²) < 4.78 is 1.35. The molecule has 0 saturated heterocycles. The van der Waals surface area contributed by atoms with Crippen molar-refractivity contribution in [3.63, 3.8) is 0 Å². The number of carbonyl (C=O) groups is 2. The third-order valence-electron chi connectivity index (χ3n) is 4.03. The van der Waals surface area contributed by atoms with E-state index in [1.807, 2.05) is 19.9 Å². The maximum atomic E-state index is 12.3. The first-order chi connectivity index (χ1) is 13.4. The molecule has 28 heavy (non-hydrogen) atoms. The fourth-order valence-electron chi connectivity index (χ4n) is 2.63. The number of benzene rings is 1. The minimum absolute atomic E-state index is 0.0816. The van der Waals surface area contributed by atoms with Crippen molar-refractivity contribution in [1.29, 1.82) is 0 Å². The summed E-state index contributed by atoms with van der Waals surface area (Å²) in [6.07, 6.45) is 3.26. The summed E-state index contributed by atoms with van der Waals surface area (Å²) in [4.78, 5) is 40.4. The summed E-state index contributed by atoms with van der Waals surface area (Å²) in [5.74, 6) is -0.137. The molecule has 0 radical (unpaired) electrons. The maximum Gasteiger partial charge on any atom is 0.256 e. The van der Waals surface area contributed by atoms with E-state index >= 15 is 0 Å². The Morgan fingerprint density at radius 3 is 2.43 bits per heavy atom. The highest BCUT2D eigenvalue weighted by Gasteiger charge is 2.09. The van der Waals surface area contributed by atoms with Gasteiger partial charge >= 0.3 is 0 Å². The monoisotopic (exact) mass is 376 g/mol. The Labute approximate surface area is 162 Å². The highest BCUT2D eigenvalue weighted by Crippen LogP contribution is 2.12. The second kappa shape index (κ2) is 8.30. The fraction of sp³-hybridized carbons (Fsp3) is 0.143. The van der Waals surface area contributed by atoms with E-state index in [2.05, 4.69) is 15.6 Å². The van der Waals surface area contributed by atoms with Crippen LogP contribution in [-0.4, -0.2) is 21.4 Å². The minimum Gasteiger partial charge on any atom is -0.325 e. The molecule has 0 fully saturated rings. The highest BCUT2D eigenvalue weighted by atomic mass is 16.2. The number of amides is 2. The zero-order chi connectivity index (χ0) is 20.1. The lowest BCUT2D eigenvalue weighted by Crippen LogP contribution is -2.26. The zero-order valence-electron chi connectivity index (χ0n) is 15.6. The number of hydrogen-bond acceptors (Lipinski definition) is 4. The molecule has 2 amide bonds. The Balaban J connectivity index is 1.62. The molecule has 0 aliphatic carbocycles. The quantitative estimate of drug-likeness (QED) is 0.716. The SMILES string of the molecule is Cc1ccnc(NC(=O)c2ccc(NC(=O)Cn3cc(C)ccc3=O)cc2)c1. The predicted molar refractivity (Wildman–Crippen MR) is 107 cm³/mol. The molecule has 142 valence electrons. The molecule has 0 aliphatic rings. The van der Waals surface area contributed by atoms with Gasteiger partial charge < -0.3 is 15.2 Å². The van der Waals surface area contributed by atoms with E-state index in [0.717, 1.165) is 11.1 Å². The van der Waals surface area contributed by atoms with Gasteiger partial charge in [0.25, 0.3) is 11.5 Å². The standard InChI is InChI=1S/C21H20N4O3/c1-14-9-10-22-18(11-14)24-21(28)16-4-6-17(7-5-16)23-19(26)13-25-12-15(2)3-8-20(25)27/h3-12H,13H2,1-2H3,(H,23,26)(H,22,24,28). The summed E-state index contributed by atoms with van der Waals surface area (Å²) >= 11 is 0. The molecule has 0 spiro atoms. The van der Waals surface area contributed by atoms with Crippen LogP contribution in [0.5, 0.6) is 0 Å². The van der Waals surface area contributed by atoms with Crippen LogP contribution in [0.2, 0.25) is 0 Å². The van der Waals surface area contributed by atoms with Crippen LogP contribution in [0.25, 0.3) is 0 Å². The molecule has 0 saturated carbocycles. The molecular formula is C21H20N4O3. The number of hydrogen-bond donors (Lipinski definition) is 2. The third kappa shape index (κ3) is 4.91. The van der Waals surface area contributed by atoms with Gasteiger partial charge in [-0.1, -0.05) is 6.07 Å². The average molecular weight is 376 g/mol. The van der Waals surface area contributed by atoms with Crippen molar-refractivity contribution in [2.24, 2.45) is 0 Å². The van der Waals surface area contributed by atoms with Crippen LogP contribution >= 0.6 is 0 Å². The van der Waals surface area contributed by atoms with Gasteiger partial charge in [0.15, 0.2) is 0 Å². The Bertz CT molecular complexity index is 1070. The van der Waals surface area contributed by atoms with Gasteiger partial charge in [0, 0.05) is 29.7 Å². The van der Waals surface area contributed by atoms with Crippen molar-refractivity contribution in [3.8, 4) is 0 Å². The lowest BCUT2D eigenvalue weighted by Gasteiger charge is -2.09. The first-order valence-corrected chi connectivity index (χ1v) is 8.72. The van der Waals surface area contributed by atoms with Crippen molar-refractivity contribution in [3.05, 3.63) is 88.0 Å². The summed E-state index contributed by atoms with van der Waals surface area (Å²) in [6.45, 7) is 3.69. The van der Waals surface area contributed by atoms with E-state index in [-0.39, 0.29) is 23.9 Å². The van der Waals surface area contributed by atoms with Gasteiger partial charge in [-0.3, -0.25) is 14.4 Å². The maximum absolute atomic E-state index is 12.3. The molecule has 2 heterocycles. The Kier molecular flexibility index (Phi) is 5.64. The number of rotatable bonds is 5. The largest absolute Gasteiger partial charge is 0.325 e. The summed E-state index contributed by atoms with van der Waals surface area (Å²) in [5.41, 5.74) is 2.63. The number of carbonyl (C=O) groups excluding carboxylic acids is 2. The van der Waals surface area contributed by atoms with Crippen LogP contribution < -0.4 is 16.2 Å². The first-order valence-electron chi connectivity index (χ1n) is 8.72. The lowest BCUT2D eigenvalue weighted by atomic mass is 10.2. The van der Waals surface area contributed by atoms with E-state index in [9.17, 15) is 14.4 Å². The molecule has 0 unspecified atom stereocenters. The molecular weight excluding hydrogens is 356 g/mol. The van der Waals surface area contributed by atoms with Gasteiger partial charge in [-0.2, -0.15) is 0 Å². The molecule has 7 heteroatoms. The van der Waals surface area contributed by atoms with E-state index in [1.165, 1.54) is 10.6 Å². The lowest BCUT2D eigenvalue weighted by molar-refractivity contribution is -0.116. The number of aryl methyl sites for hydroxylation is 2. The number of pyridine rings is 2. The second-order valence-electron chi connectivity index (χ2n) is 6.47. The van der Waals surface area contributed by atoms with E-state index in [0.29, 0.717) is 17.1 Å². The van der Waals surface area contributed by atoms with Gasteiger partial charge in [-0.05, 0) is 61.4 Å². The topological polar surface area (TPSA) is 93.1 Å². The van der Waals surface area contributed by atoms with Crippen LogP contribution in [0.15, 0.2) is 65.7 Å². The van der Waals surface area contributed by atoms with Crippen molar-refractivity contribution < 1.29 is 9.59 Å². The van der Waals surface area contributed by atoms with Crippen LogP contribution in [0, 0.1) is 13.8 Å². The Morgan fingerprint density at radius 2 is 1.71 bits per heavy atom. The summed E-state index contributed by atoms with van der Waals surface area (Å²) in [7, 11) is 0. The van der Waals surface area contributed by atoms with Crippen LogP contribution in [-0.2, 0) is 11.3 Å². The van der Waals surface area contributed by atoms with Crippen molar-refractivity contribution in [2.45, 2.75) is 20.4 Å². The van der Waals surface area contributed by atoms with Gasteiger partial charge in [-0.15, -0.1) is 0 Å². The number of aromatic nitrogens is 2. The molecule has 1 aromatic carbocycles. The molecule has 7 nitrogen and oxygen atoms in total. The fourth-order valence-corrected chi connectivity index (χ4v) is 2.63. The first kappa shape index (κ1) is 19.0. The van der Waals surface area contributed by atoms with Gasteiger partial charge in [-0.25, -0.2) is 4.98 Å². The summed E-state index contributed by atoms with van der Waals surface area (Å²) in [5, 5.41) is 5.45. The van der Waals surface area contributed by atoms with Gasteiger partial charge in [0.1, 0.15) is 12.4 Å². The van der Waals surface area contributed by atoms with Gasteiger partial charge in [0.2, 0.25) is 5.91 Å². The van der Waals surface area contributed by atoms with Crippen molar-refractivity contribution >= 4 is 23.3 Å². The van der Waals surface area contributed by atoms with Crippen LogP contribution in [0.4, 0.5) is 11.5 Å². The molecule has 3 aromatic rings. The third-order valence-corrected chi connectivity index (χ3v) is 4.03. The van der Waals surface area contributed by atoms with E-state index < -0.39 is 0 Å². The normalized spacial score (nSPS) is 10.4. The average Bonchev–Trinajstić information content (AvgIpc) is 2.65. The minimum atomic E-state index is -0.325. The zero-order valence-corrected chi connectivity index (χ0v) is 15.6. The molecule has 3 rings (SSSR count). The number of anilines is 2. The number of nitrogens with zero attached hydrogens (tertiary/aromatic N) is 2. The molecule has 0 aliphatic heterocycles. The van der Waals surface area contributed by atoms with Crippen molar-refractivity contribution in [2.75, 3.05) is 10.6 Å². The highest BCUT2D eigenvalue weighted by molar-refractivity contribution is 6.04. The van der Waals surface area contributed by atoms with E-state index in [4.69, 9.17) is 0 Å². The Morgan fingerprint density at radius 1 is 0.964 bits per heavy atom. The van der Waals surface area contributed by atoms with Crippen LogP contribution in [0.3, 0.4) is 0 Å². The van der Waals surface area contributed by atoms with Crippen LogP contribution in [0.1, 0.15) is 21.5 Å². The predicted octanol–water partition coefficient (Wildman–Crippen LogP) is 2.75. The second-order valence-corrected chi connectivity index (χ2v) is 6.47. The Hall–Kier alpha value is -3.74. The molecule has 0 bridgehead atoms. The smallest absolute Gasteiger partial charge is 0.256 e. The van der Waals surface area contributed by atoms with E-state index in [1.54, 1.807) is 48.8 Å². The van der Waals surface area contributed by atoms with Gasteiger partial charge in [0.05, 0.1) is 0 Å². The van der Waals surface area contributed by atoms with Crippen molar-refractivity contribution in [1.82, 2.24) is 9.55 Å². The molecule has 2 aromatic heterocycles. The molecule has 0 atom stereocenters. The number of nitrogens with one attached hydrogen (secondary N) is 2.